The number of hydrogen-bond donors (Lipinski definition) is 1. The Bertz CT molecular complexity index is 1320. The van der Waals surface area contributed by atoms with Gasteiger partial charge in [-0.25, -0.2) is 9.78 Å². The Morgan fingerprint density at radius 3 is 2.65 bits per heavy atom. The molecular formula is C20H22N6O5. The van der Waals surface area contributed by atoms with Crippen LogP contribution >= 0.6 is 0 Å². The van der Waals surface area contributed by atoms with Gasteiger partial charge in [0.2, 0.25) is 11.8 Å². The van der Waals surface area contributed by atoms with E-state index in [2.05, 4.69) is 10.3 Å². The SMILES string of the molecule is COc1ccc(NC(=O)Cn2cnc3c2c(=O)n(C)c(=O)n3C)cc1N1CCCC1=O. The topological polar surface area (TPSA) is 120 Å². The van der Waals surface area contributed by atoms with Gasteiger partial charge in [0.05, 0.1) is 19.1 Å². The Balaban J connectivity index is 1.61. The maximum absolute atomic E-state index is 12.7. The van der Waals surface area contributed by atoms with Gasteiger partial charge in [-0.1, -0.05) is 0 Å². The van der Waals surface area contributed by atoms with Crippen LogP contribution < -0.4 is 26.2 Å². The van der Waals surface area contributed by atoms with Crippen LogP contribution in [0, 0.1) is 0 Å². The zero-order valence-corrected chi connectivity index (χ0v) is 17.4. The minimum absolute atomic E-state index is 0.00752. The van der Waals surface area contributed by atoms with Gasteiger partial charge in [0.15, 0.2) is 11.2 Å². The van der Waals surface area contributed by atoms with Gasteiger partial charge in [0, 0.05) is 32.7 Å². The van der Waals surface area contributed by atoms with Gasteiger partial charge in [-0.2, -0.15) is 0 Å². The molecule has 2 amide bonds. The normalized spacial score (nSPS) is 13.8. The molecule has 0 unspecified atom stereocenters. The number of nitrogens with one attached hydrogen (secondary N) is 1. The average Bonchev–Trinajstić information content (AvgIpc) is 3.36. The second-order valence-electron chi connectivity index (χ2n) is 7.33. The molecule has 1 saturated heterocycles. The monoisotopic (exact) mass is 426 g/mol. The summed E-state index contributed by atoms with van der Waals surface area (Å²) in [5.41, 5.74) is 0.445. The molecule has 0 aliphatic carbocycles. The number of nitrogens with zero attached hydrogens (tertiary/aromatic N) is 5. The predicted molar refractivity (Wildman–Crippen MR) is 113 cm³/mol. The minimum Gasteiger partial charge on any atom is -0.495 e. The van der Waals surface area contributed by atoms with Gasteiger partial charge in [-0.05, 0) is 24.6 Å². The lowest BCUT2D eigenvalue weighted by Gasteiger charge is -2.20. The van der Waals surface area contributed by atoms with E-state index in [0.717, 1.165) is 11.0 Å². The van der Waals surface area contributed by atoms with Crippen LogP contribution in [0.15, 0.2) is 34.1 Å². The fourth-order valence-electron chi connectivity index (χ4n) is 3.75. The largest absolute Gasteiger partial charge is 0.495 e. The summed E-state index contributed by atoms with van der Waals surface area (Å²) in [5, 5.41) is 2.78. The molecule has 0 bridgehead atoms. The quantitative estimate of drug-likeness (QED) is 0.623. The van der Waals surface area contributed by atoms with E-state index in [1.165, 1.54) is 36.7 Å². The summed E-state index contributed by atoms with van der Waals surface area (Å²) in [6, 6.07) is 5.05. The Kier molecular flexibility index (Phi) is 5.09. The van der Waals surface area contributed by atoms with Crippen LogP contribution in [0.2, 0.25) is 0 Å². The summed E-state index contributed by atoms with van der Waals surface area (Å²) in [4.78, 5) is 55.1. The molecule has 0 saturated carbocycles. The highest BCUT2D eigenvalue weighted by Crippen LogP contribution is 2.34. The summed E-state index contributed by atoms with van der Waals surface area (Å²) in [5.74, 6) is 0.158. The second kappa shape index (κ2) is 7.74. The first-order valence-electron chi connectivity index (χ1n) is 9.71. The van der Waals surface area contributed by atoms with Gasteiger partial charge in [0.1, 0.15) is 12.3 Å². The number of aryl methyl sites for hydroxylation is 1. The van der Waals surface area contributed by atoms with E-state index in [4.69, 9.17) is 4.74 Å². The number of methoxy groups -OCH3 is 1. The smallest absolute Gasteiger partial charge is 0.332 e. The van der Waals surface area contributed by atoms with Crippen molar-refractivity contribution in [3.63, 3.8) is 0 Å². The van der Waals surface area contributed by atoms with Crippen molar-refractivity contribution >= 4 is 34.4 Å². The summed E-state index contributed by atoms with van der Waals surface area (Å²) in [7, 11) is 4.41. The van der Waals surface area contributed by atoms with Crippen LogP contribution in [0.1, 0.15) is 12.8 Å². The molecule has 31 heavy (non-hydrogen) atoms. The molecule has 1 N–H and O–H groups in total. The van der Waals surface area contributed by atoms with E-state index in [1.54, 1.807) is 23.1 Å². The number of anilines is 2. The van der Waals surface area contributed by atoms with Crippen LogP contribution in [-0.4, -0.2) is 44.2 Å². The highest BCUT2D eigenvalue weighted by Gasteiger charge is 2.25. The van der Waals surface area contributed by atoms with Crippen molar-refractivity contribution in [1.82, 2.24) is 18.7 Å². The third kappa shape index (κ3) is 3.47. The maximum Gasteiger partial charge on any atom is 0.332 e. The highest BCUT2D eigenvalue weighted by molar-refractivity contribution is 5.98. The number of hydrogen-bond acceptors (Lipinski definition) is 6. The first-order valence-corrected chi connectivity index (χ1v) is 9.71. The third-order valence-electron chi connectivity index (χ3n) is 5.36. The van der Waals surface area contributed by atoms with Crippen molar-refractivity contribution < 1.29 is 14.3 Å². The molecule has 1 aliphatic rings. The van der Waals surface area contributed by atoms with Crippen molar-refractivity contribution in [3.8, 4) is 5.75 Å². The molecule has 0 spiro atoms. The van der Waals surface area contributed by atoms with Crippen LogP contribution in [0.25, 0.3) is 11.2 Å². The van der Waals surface area contributed by atoms with E-state index in [0.29, 0.717) is 30.1 Å². The molecule has 1 aliphatic heterocycles. The van der Waals surface area contributed by atoms with Crippen LogP contribution in [-0.2, 0) is 30.2 Å². The highest BCUT2D eigenvalue weighted by atomic mass is 16.5. The predicted octanol–water partition coefficient (Wildman–Crippen LogP) is 0.208. The summed E-state index contributed by atoms with van der Waals surface area (Å²) >= 11 is 0. The number of ether oxygens (including phenoxy) is 1. The zero-order valence-electron chi connectivity index (χ0n) is 17.4. The molecule has 0 radical (unpaired) electrons. The summed E-state index contributed by atoms with van der Waals surface area (Å²) in [6.45, 7) is 0.420. The lowest BCUT2D eigenvalue weighted by Crippen LogP contribution is -2.37. The fourth-order valence-corrected chi connectivity index (χ4v) is 3.75. The van der Waals surface area contributed by atoms with Crippen molar-refractivity contribution in [2.45, 2.75) is 19.4 Å². The van der Waals surface area contributed by atoms with Crippen molar-refractivity contribution in [2.75, 3.05) is 23.9 Å². The van der Waals surface area contributed by atoms with E-state index in [9.17, 15) is 19.2 Å². The molecule has 0 atom stereocenters. The first-order chi connectivity index (χ1) is 14.8. The van der Waals surface area contributed by atoms with E-state index >= 15 is 0 Å². The molecule has 4 rings (SSSR count). The van der Waals surface area contributed by atoms with Crippen molar-refractivity contribution in [2.24, 2.45) is 14.1 Å². The van der Waals surface area contributed by atoms with Crippen molar-refractivity contribution in [3.05, 3.63) is 45.4 Å². The van der Waals surface area contributed by atoms with Crippen LogP contribution in [0.4, 0.5) is 11.4 Å². The number of amides is 2. The standard InChI is InChI=1S/C20H22N6O5/c1-23-18-17(19(29)24(2)20(23)30)25(11-21-18)10-15(27)22-12-6-7-14(31-3)13(9-12)26-8-4-5-16(26)28/h6-7,9,11H,4-5,8,10H2,1-3H3,(H,22,27). The lowest BCUT2D eigenvalue weighted by molar-refractivity contribution is -0.117. The maximum atomic E-state index is 12.7. The zero-order chi connectivity index (χ0) is 22.3. The van der Waals surface area contributed by atoms with Gasteiger partial charge < -0.3 is 19.5 Å². The number of fused-ring (bicyclic) bond motifs is 1. The second-order valence-corrected chi connectivity index (χ2v) is 7.33. The summed E-state index contributed by atoms with van der Waals surface area (Å²) < 4.78 is 9.00. The Labute approximate surface area is 176 Å². The number of carbonyl (C=O) groups is 2. The molecule has 11 nitrogen and oxygen atoms in total. The van der Waals surface area contributed by atoms with E-state index in [-0.39, 0.29) is 29.5 Å². The average molecular weight is 426 g/mol. The molecule has 1 fully saturated rings. The number of benzene rings is 1. The number of carbonyl (C=O) groups excluding carboxylic acids is 2. The molecule has 2 aromatic heterocycles. The molecule has 11 heteroatoms. The molecule has 3 heterocycles. The Hall–Kier alpha value is -3.89. The molecule has 3 aromatic rings. The molecule has 162 valence electrons. The van der Waals surface area contributed by atoms with Crippen molar-refractivity contribution in [1.29, 1.82) is 0 Å². The number of aromatic nitrogens is 4. The van der Waals surface area contributed by atoms with Gasteiger partial charge in [0.25, 0.3) is 5.56 Å². The van der Waals surface area contributed by atoms with Crippen LogP contribution in [0.3, 0.4) is 0 Å². The Morgan fingerprint density at radius 1 is 1.19 bits per heavy atom. The third-order valence-corrected chi connectivity index (χ3v) is 5.36. The number of imidazole rings is 1. The van der Waals surface area contributed by atoms with E-state index in [1.807, 2.05) is 0 Å². The molecular weight excluding hydrogens is 404 g/mol. The van der Waals surface area contributed by atoms with Gasteiger partial charge in [-0.3, -0.25) is 23.5 Å². The lowest BCUT2D eigenvalue weighted by atomic mass is 10.2. The minimum atomic E-state index is -0.525. The Morgan fingerprint density at radius 2 is 1.97 bits per heavy atom. The summed E-state index contributed by atoms with van der Waals surface area (Å²) in [6.07, 6.45) is 2.60. The van der Waals surface area contributed by atoms with Crippen LogP contribution in [0.5, 0.6) is 5.75 Å². The van der Waals surface area contributed by atoms with E-state index < -0.39 is 11.2 Å². The first kappa shape index (κ1) is 20.4. The molecule has 1 aromatic carbocycles. The number of rotatable bonds is 5. The fraction of sp³-hybridized carbons (Fsp3) is 0.350. The van der Waals surface area contributed by atoms with Gasteiger partial charge >= 0.3 is 5.69 Å². The van der Waals surface area contributed by atoms with Gasteiger partial charge in [-0.15, -0.1) is 0 Å².